The summed E-state index contributed by atoms with van der Waals surface area (Å²) >= 11 is 0. The number of guanidine groups is 1. The van der Waals surface area contributed by atoms with Gasteiger partial charge in [0.2, 0.25) is 0 Å². The van der Waals surface area contributed by atoms with Gasteiger partial charge in [-0.2, -0.15) is 0 Å². The van der Waals surface area contributed by atoms with E-state index in [1.807, 2.05) is 12.1 Å². The molecule has 1 heterocycles. The highest BCUT2D eigenvalue weighted by atomic mass is 16.5. The first-order valence-corrected chi connectivity index (χ1v) is 9.06. The van der Waals surface area contributed by atoms with Crippen molar-refractivity contribution in [1.29, 1.82) is 0 Å². The summed E-state index contributed by atoms with van der Waals surface area (Å²) in [4.78, 5) is 4.60. The molecule has 1 fully saturated rings. The molecule has 5 heteroatoms. The standard InChI is InChI=1S/C19H31N3O2/c1-4-20-19(22-14-16-8-7-12-23-16)21-11-13-24-18-10-6-5-9-17(18)15(2)3/h5-6,9-10,15-16H,4,7-8,11-14H2,1-3H3,(H2,20,21,22). The van der Waals surface area contributed by atoms with Crippen LogP contribution in [0.15, 0.2) is 29.3 Å². The first-order chi connectivity index (χ1) is 11.7. The summed E-state index contributed by atoms with van der Waals surface area (Å²) < 4.78 is 11.5. The molecule has 0 aliphatic carbocycles. The molecule has 1 aromatic carbocycles. The number of nitrogens with one attached hydrogen (secondary N) is 2. The molecular weight excluding hydrogens is 302 g/mol. The van der Waals surface area contributed by atoms with Crippen molar-refractivity contribution >= 4 is 5.96 Å². The molecule has 0 saturated carbocycles. The number of para-hydroxylation sites is 1. The van der Waals surface area contributed by atoms with Crippen molar-refractivity contribution in [2.24, 2.45) is 4.99 Å². The fraction of sp³-hybridized carbons (Fsp3) is 0.632. The quantitative estimate of drug-likeness (QED) is 0.436. The first kappa shape index (κ1) is 18.6. The second-order valence-corrected chi connectivity index (χ2v) is 6.32. The van der Waals surface area contributed by atoms with Gasteiger partial charge >= 0.3 is 0 Å². The Morgan fingerprint density at radius 2 is 2.17 bits per heavy atom. The minimum Gasteiger partial charge on any atom is -0.491 e. The smallest absolute Gasteiger partial charge is 0.191 e. The van der Waals surface area contributed by atoms with Crippen LogP contribution in [0.3, 0.4) is 0 Å². The van der Waals surface area contributed by atoms with Crippen LogP contribution in [0.2, 0.25) is 0 Å². The summed E-state index contributed by atoms with van der Waals surface area (Å²) in [5.41, 5.74) is 1.25. The SMILES string of the molecule is CCNC(=NCC1CCCO1)NCCOc1ccccc1C(C)C. The van der Waals surface area contributed by atoms with E-state index in [-0.39, 0.29) is 6.10 Å². The van der Waals surface area contributed by atoms with Crippen molar-refractivity contribution in [2.75, 3.05) is 32.8 Å². The van der Waals surface area contributed by atoms with Crippen molar-refractivity contribution in [3.05, 3.63) is 29.8 Å². The molecule has 1 aliphatic heterocycles. The third kappa shape index (κ3) is 6.04. The van der Waals surface area contributed by atoms with E-state index in [0.29, 0.717) is 25.6 Å². The van der Waals surface area contributed by atoms with Crippen LogP contribution in [0.1, 0.15) is 45.1 Å². The van der Waals surface area contributed by atoms with Gasteiger partial charge in [-0.3, -0.25) is 4.99 Å². The summed E-state index contributed by atoms with van der Waals surface area (Å²) in [6.45, 7) is 10.2. The Morgan fingerprint density at radius 3 is 2.88 bits per heavy atom. The zero-order valence-corrected chi connectivity index (χ0v) is 15.2. The predicted octanol–water partition coefficient (Wildman–Crippen LogP) is 2.92. The molecule has 134 valence electrons. The number of hydrogen-bond donors (Lipinski definition) is 2. The van der Waals surface area contributed by atoms with Gasteiger partial charge < -0.3 is 20.1 Å². The van der Waals surface area contributed by atoms with Crippen molar-refractivity contribution in [2.45, 2.75) is 45.6 Å². The lowest BCUT2D eigenvalue weighted by Gasteiger charge is -2.15. The molecule has 2 N–H and O–H groups in total. The van der Waals surface area contributed by atoms with Crippen molar-refractivity contribution in [3.63, 3.8) is 0 Å². The monoisotopic (exact) mass is 333 g/mol. The van der Waals surface area contributed by atoms with Crippen molar-refractivity contribution in [1.82, 2.24) is 10.6 Å². The largest absolute Gasteiger partial charge is 0.491 e. The van der Waals surface area contributed by atoms with E-state index in [0.717, 1.165) is 37.7 Å². The number of rotatable bonds is 8. The summed E-state index contributed by atoms with van der Waals surface area (Å²) in [6.07, 6.45) is 2.53. The van der Waals surface area contributed by atoms with Crippen LogP contribution in [0.4, 0.5) is 0 Å². The normalized spacial score (nSPS) is 18.0. The average Bonchev–Trinajstić information content (AvgIpc) is 3.10. The van der Waals surface area contributed by atoms with Crippen LogP contribution in [0, 0.1) is 0 Å². The summed E-state index contributed by atoms with van der Waals surface area (Å²) in [5.74, 6) is 2.25. The van der Waals surface area contributed by atoms with Gasteiger partial charge in [-0.05, 0) is 37.3 Å². The molecule has 1 saturated heterocycles. The van der Waals surface area contributed by atoms with E-state index in [1.165, 1.54) is 5.56 Å². The third-order valence-electron chi connectivity index (χ3n) is 4.01. The molecule has 5 nitrogen and oxygen atoms in total. The van der Waals surface area contributed by atoms with E-state index in [2.05, 4.69) is 48.5 Å². The van der Waals surface area contributed by atoms with E-state index in [9.17, 15) is 0 Å². The first-order valence-electron chi connectivity index (χ1n) is 9.06. The van der Waals surface area contributed by atoms with Gasteiger partial charge in [-0.1, -0.05) is 32.0 Å². The highest BCUT2D eigenvalue weighted by molar-refractivity contribution is 5.79. The van der Waals surface area contributed by atoms with E-state index >= 15 is 0 Å². The molecular formula is C19H31N3O2. The van der Waals surface area contributed by atoms with Gasteiger partial charge in [0.1, 0.15) is 12.4 Å². The Labute approximate surface area is 145 Å². The van der Waals surface area contributed by atoms with Crippen LogP contribution in [0.25, 0.3) is 0 Å². The van der Waals surface area contributed by atoms with Crippen LogP contribution < -0.4 is 15.4 Å². The molecule has 1 aliphatic rings. The molecule has 1 aromatic rings. The minimum atomic E-state index is 0.273. The molecule has 24 heavy (non-hydrogen) atoms. The van der Waals surface area contributed by atoms with Gasteiger partial charge in [0, 0.05) is 13.2 Å². The van der Waals surface area contributed by atoms with Gasteiger partial charge in [0.15, 0.2) is 5.96 Å². The lowest BCUT2D eigenvalue weighted by atomic mass is 10.0. The maximum absolute atomic E-state index is 5.93. The Kier molecular flexibility index (Phi) is 7.89. The van der Waals surface area contributed by atoms with E-state index in [4.69, 9.17) is 9.47 Å². The van der Waals surface area contributed by atoms with Crippen molar-refractivity contribution in [3.8, 4) is 5.75 Å². The highest BCUT2D eigenvalue weighted by Crippen LogP contribution is 2.25. The van der Waals surface area contributed by atoms with Crippen molar-refractivity contribution < 1.29 is 9.47 Å². The van der Waals surface area contributed by atoms with E-state index < -0.39 is 0 Å². The minimum absolute atomic E-state index is 0.273. The zero-order valence-electron chi connectivity index (χ0n) is 15.2. The summed E-state index contributed by atoms with van der Waals surface area (Å²) in [6, 6.07) is 8.23. The zero-order chi connectivity index (χ0) is 17.2. The fourth-order valence-electron chi connectivity index (χ4n) is 2.74. The Morgan fingerprint density at radius 1 is 1.33 bits per heavy atom. The van der Waals surface area contributed by atoms with Crippen LogP contribution in [0.5, 0.6) is 5.75 Å². The third-order valence-corrected chi connectivity index (χ3v) is 4.01. The summed E-state index contributed by atoms with van der Waals surface area (Å²) in [5, 5.41) is 6.58. The lowest BCUT2D eigenvalue weighted by Crippen LogP contribution is -2.39. The molecule has 1 atom stereocenters. The van der Waals surface area contributed by atoms with Gasteiger partial charge in [-0.25, -0.2) is 0 Å². The maximum atomic E-state index is 5.93. The maximum Gasteiger partial charge on any atom is 0.191 e. The number of benzene rings is 1. The molecule has 0 bridgehead atoms. The second kappa shape index (κ2) is 10.2. The topological polar surface area (TPSA) is 54.9 Å². The summed E-state index contributed by atoms with van der Waals surface area (Å²) in [7, 11) is 0. The molecule has 0 radical (unpaired) electrons. The molecule has 1 unspecified atom stereocenters. The Bertz CT molecular complexity index is 511. The molecule has 0 spiro atoms. The van der Waals surface area contributed by atoms with Gasteiger partial charge in [0.05, 0.1) is 19.2 Å². The fourth-order valence-corrected chi connectivity index (χ4v) is 2.74. The number of aliphatic imine (C=N–C) groups is 1. The molecule has 0 amide bonds. The van der Waals surface area contributed by atoms with Crippen LogP contribution in [-0.2, 0) is 4.74 Å². The van der Waals surface area contributed by atoms with Gasteiger partial charge in [0.25, 0.3) is 0 Å². The second-order valence-electron chi connectivity index (χ2n) is 6.32. The number of hydrogen-bond acceptors (Lipinski definition) is 3. The Hall–Kier alpha value is -1.75. The van der Waals surface area contributed by atoms with E-state index in [1.54, 1.807) is 0 Å². The number of nitrogens with zero attached hydrogens (tertiary/aromatic N) is 1. The lowest BCUT2D eigenvalue weighted by molar-refractivity contribution is 0.117. The van der Waals surface area contributed by atoms with Crippen LogP contribution in [-0.4, -0.2) is 44.9 Å². The predicted molar refractivity (Wildman–Crippen MR) is 99.0 cm³/mol. The molecule has 0 aromatic heterocycles. The Balaban J connectivity index is 1.77. The number of ether oxygens (including phenoxy) is 2. The van der Waals surface area contributed by atoms with Crippen LogP contribution >= 0.6 is 0 Å². The van der Waals surface area contributed by atoms with Gasteiger partial charge in [-0.15, -0.1) is 0 Å². The average molecular weight is 333 g/mol. The highest BCUT2D eigenvalue weighted by Gasteiger charge is 2.14. The molecule has 2 rings (SSSR count).